The fraction of sp³-hybridized carbons (Fsp3) is 0.385. The van der Waals surface area contributed by atoms with Crippen molar-refractivity contribution in [3.05, 3.63) is 29.8 Å². The van der Waals surface area contributed by atoms with Gasteiger partial charge in [-0.15, -0.1) is 0 Å². The van der Waals surface area contributed by atoms with E-state index in [1.165, 1.54) is 6.07 Å². The molecular formula is C13H17NO4. The molecule has 0 bridgehead atoms. The molecule has 2 N–H and O–H groups in total. The van der Waals surface area contributed by atoms with Gasteiger partial charge in [-0.3, -0.25) is 0 Å². The first-order chi connectivity index (χ1) is 8.58. The van der Waals surface area contributed by atoms with Gasteiger partial charge >= 0.3 is 11.9 Å². The first kappa shape index (κ1) is 14.0. The number of hydrogen-bond acceptors (Lipinski definition) is 5. The highest BCUT2D eigenvalue weighted by atomic mass is 16.6. The van der Waals surface area contributed by atoms with E-state index in [4.69, 9.17) is 15.2 Å². The van der Waals surface area contributed by atoms with Crippen molar-refractivity contribution in [3.8, 4) is 0 Å². The molecule has 0 aliphatic heterocycles. The van der Waals surface area contributed by atoms with E-state index in [0.717, 1.165) is 0 Å². The van der Waals surface area contributed by atoms with E-state index in [2.05, 4.69) is 0 Å². The highest BCUT2D eigenvalue weighted by Crippen LogP contribution is 2.11. The van der Waals surface area contributed by atoms with Crippen molar-refractivity contribution in [2.45, 2.75) is 26.4 Å². The van der Waals surface area contributed by atoms with E-state index >= 15 is 0 Å². The highest BCUT2D eigenvalue weighted by molar-refractivity contribution is 5.92. The summed E-state index contributed by atoms with van der Waals surface area (Å²) in [5, 5.41) is 0. The third-order valence-electron chi connectivity index (χ3n) is 2.29. The fourth-order valence-electron chi connectivity index (χ4n) is 1.40. The smallest absolute Gasteiger partial charge is 0.347 e. The molecule has 0 aliphatic rings. The van der Waals surface area contributed by atoms with E-state index < -0.39 is 18.0 Å². The first-order valence-electron chi connectivity index (χ1n) is 5.81. The van der Waals surface area contributed by atoms with Gasteiger partial charge in [0.25, 0.3) is 0 Å². The number of hydrogen-bond donors (Lipinski definition) is 1. The maximum Gasteiger partial charge on any atom is 0.347 e. The van der Waals surface area contributed by atoms with Gasteiger partial charge in [0.1, 0.15) is 0 Å². The lowest BCUT2D eigenvalue weighted by Crippen LogP contribution is -2.28. The molecule has 1 atom stereocenters. The van der Waals surface area contributed by atoms with Crippen LogP contribution in [0.15, 0.2) is 24.3 Å². The number of carbonyl (C=O) groups is 2. The van der Waals surface area contributed by atoms with Crippen LogP contribution in [0.2, 0.25) is 0 Å². The Balaban J connectivity index is 2.70. The average Bonchev–Trinajstić information content (AvgIpc) is 2.35. The van der Waals surface area contributed by atoms with Crippen molar-refractivity contribution >= 4 is 17.6 Å². The molecule has 0 spiro atoms. The predicted octanol–water partition coefficient (Wildman–Crippen LogP) is 1.77. The highest BCUT2D eigenvalue weighted by Gasteiger charge is 2.22. The van der Waals surface area contributed by atoms with Crippen LogP contribution in [0.1, 0.15) is 30.6 Å². The minimum atomic E-state index is -0.876. The van der Waals surface area contributed by atoms with Gasteiger partial charge < -0.3 is 15.2 Å². The van der Waals surface area contributed by atoms with Crippen molar-refractivity contribution < 1.29 is 19.1 Å². The van der Waals surface area contributed by atoms with Crippen LogP contribution in [0, 0.1) is 0 Å². The number of nitrogens with two attached hydrogens (primary N) is 1. The standard InChI is InChI=1S/C13H17NO4/c1-3-11(13(16)17-4-2)18-12(15)9-6-5-7-10(14)8-9/h5-8,11H,3-4,14H2,1-2H3. The molecule has 5 nitrogen and oxygen atoms in total. The summed E-state index contributed by atoms with van der Waals surface area (Å²) in [4.78, 5) is 23.3. The zero-order chi connectivity index (χ0) is 13.5. The van der Waals surface area contributed by atoms with Gasteiger partial charge in [0.05, 0.1) is 12.2 Å². The number of carbonyl (C=O) groups excluding carboxylic acids is 2. The Labute approximate surface area is 106 Å². The molecule has 18 heavy (non-hydrogen) atoms. The maximum absolute atomic E-state index is 11.8. The van der Waals surface area contributed by atoms with Gasteiger partial charge in [-0.05, 0) is 31.5 Å². The number of benzene rings is 1. The lowest BCUT2D eigenvalue weighted by atomic mass is 10.2. The zero-order valence-electron chi connectivity index (χ0n) is 10.5. The Morgan fingerprint density at radius 2 is 2.06 bits per heavy atom. The molecule has 0 aliphatic carbocycles. The monoisotopic (exact) mass is 251 g/mol. The van der Waals surface area contributed by atoms with Crippen LogP contribution in [0.4, 0.5) is 5.69 Å². The van der Waals surface area contributed by atoms with Crippen LogP contribution < -0.4 is 5.73 Å². The molecule has 0 heterocycles. The third-order valence-corrected chi connectivity index (χ3v) is 2.29. The van der Waals surface area contributed by atoms with Crippen molar-refractivity contribution in [2.75, 3.05) is 12.3 Å². The lowest BCUT2D eigenvalue weighted by Gasteiger charge is -2.14. The topological polar surface area (TPSA) is 78.6 Å². The van der Waals surface area contributed by atoms with Gasteiger partial charge in [-0.1, -0.05) is 13.0 Å². The predicted molar refractivity (Wildman–Crippen MR) is 67.0 cm³/mol. The second kappa shape index (κ2) is 6.64. The van der Waals surface area contributed by atoms with E-state index in [0.29, 0.717) is 17.7 Å². The van der Waals surface area contributed by atoms with Crippen molar-refractivity contribution in [1.29, 1.82) is 0 Å². The molecule has 0 radical (unpaired) electrons. The first-order valence-corrected chi connectivity index (χ1v) is 5.81. The second-order valence-electron chi connectivity index (χ2n) is 3.68. The van der Waals surface area contributed by atoms with E-state index in [9.17, 15) is 9.59 Å². The molecule has 5 heteroatoms. The summed E-state index contributed by atoms with van der Waals surface area (Å²) in [5.41, 5.74) is 6.35. The molecule has 0 aromatic heterocycles. The Bertz CT molecular complexity index is 431. The molecule has 0 fully saturated rings. The van der Waals surface area contributed by atoms with E-state index in [1.54, 1.807) is 32.0 Å². The largest absolute Gasteiger partial charge is 0.463 e. The summed E-state index contributed by atoms with van der Waals surface area (Å²) in [6.07, 6.45) is -0.508. The molecule has 1 unspecified atom stereocenters. The molecule has 98 valence electrons. The third kappa shape index (κ3) is 3.76. The molecule has 1 rings (SSSR count). The van der Waals surface area contributed by atoms with E-state index in [1.807, 2.05) is 0 Å². The Kier molecular flexibility index (Phi) is 5.17. The summed E-state index contributed by atoms with van der Waals surface area (Å²) < 4.78 is 9.90. The average molecular weight is 251 g/mol. The van der Waals surface area contributed by atoms with Crippen LogP contribution in [-0.4, -0.2) is 24.6 Å². The van der Waals surface area contributed by atoms with Crippen molar-refractivity contribution in [2.24, 2.45) is 0 Å². The number of esters is 2. The summed E-state index contributed by atoms with van der Waals surface area (Å²) in [7, 11) is 0. The van der Waals surface area contributed by atoms with Gasteiger partial charge in [-0.2, -0.15) is 0 Å². The van der Waals surface area contributed by atoms with Gasteiger partial charge in [0.2, 0.25) is 0 Å². The summed E-state index contributed by atoms with van der Waals surface area (Å²) in [6, 6.07) is 6.40. The van der Waals surface area contributed by atoms with Crippen LogP contribution in [0.5, 0.6) is 0 Å². The molecule has 1 aromatic carbocycles. The lowest BCUT2D eigenvalue weighted by molar-refractivity contribution is -0.153. The minimum absolute atomic E-state index is 0.255. The summed E-state index contributed by atoms with van der Waals surface area (Å²) in [6.45, 7) is 3.70. The SMILES string of the molecule is CCOC(=O)C(CC)OC(=O)c1cccc(N)c1. The molecule has 0 saturated heterocycles. The van der Waals surface area contributed by atoms with Crippen LogP contribution in [0.25, 0.3) is 0 Å². The van der Waals surface area contributed by atoms with Crippen LogP contribution >= 0.6 is 0 Å². The van der Waals surface area contributed by atoms with E-state index in [-0.39, 0.29) is 6.61 Å². The number of anilines is 1. The molecular weight excluding hydrogens is 234 g/mol. The quantitative estimate of drug-likeness (QED) is 0.637. The Hall–Kier alpha value is -2.04. The summed E-state index contributed by atoms with van der Waals surface area (Å²) in [5.74, 6) is -1.11. The molecule has 0 saturated carbocycles. The second-order valence-corrected chi connectivity index (χ2v) is 3.68. The van der Waals surface area contributed by atoms with Crippen LogP contribution in [-0.2, 0) is 14.3 Å². The minimum Gasteiger partial charge on any atom is -0.463 e. The van der Waals surface area contributed by atoms with Crippen LogP contribution in [0.3, 0.4) is 0 Å². The molecule has 0 amide bonds. The number of rotatable bonds is 5. The number of ether oxygens (including phenoxy) is 2. The normalized spacial score (nSPS) is 11.7. The van der Waals surface area contributed by atoms with Gasteiger partial charge in [0.15, 0.2) is 6.10 Å². The maximum atomic E-state index is 11.8. The summed E-state index contributed by atoms with van der Waals surface area (Å²) >= 11 is 0. The number of nitrogen functional groups attached to an aromatic ring is 1. The van der Waals surface area contributed by atoms with Gasteiger partial charge in [0, 0.05) is 5.69 Å². The van der Waals surface area contributed by atoms with Crippen molar-refractivity contribution in [1.82, 2.24) is 0 Å². The Morgan fingerprint density at radius 3 is 2.61 bits per heavy atom. The molecule has 1 aromatic rings. The van der Waals surface area contributed by atoms with Gasteiger partial charge in [-0.25, -0.2) is 9.59 Å². The zero-order valence-corrected chi connectivity index (χ0v) is 10.5. The Morgan fingerprint density at radius 1 is 1.33 bits per heavy atom. The fourth-order valence-corrected chi connectivity index (χ4v) is 1.40. The van der Waals surface area contributed by atoms with Crippen molar-refractivity contribution in [3.63, 3.8) is 0 Å².